The highest BCUT2D eigenvalue weighted by Crippen LogP contribution is 2.66. The molecule has 2 aliphatic heterocycles. The van der Waals surface area contributed by atoms with E-state index < -0.39 is 35.0 Å². The lowest BCUT2D eigenvalue weighted by Gasteiger charge is -2.55. The Labute approximate surface area is 260 Å². The van der Waals surface area contributed by atoms with E-state index >= 15 is 0 Å². The fourth-order valence-corrected chi connectivity index (χ4v) is 8.25. The summed E-state index contributed by atoms with van der Waals surface area (Å²) < 4.78 is 12.7. The number of hydrogen-bond acceptors (Lipinski definition) is 8. The number of rotatable bonds is 2. The molecule has 4 N–H and O–H groups in total. The van der Waals surface area contributed by atoms with Crippen LogP contribution < -0.4 is 9.47 Å². The number of aliphatic hydroxyl groups is 2. The zero-order valence-corrected chi connectivity index (χ0v) is 23.8. The molecule has 4 aliphatic rings. The molecule has 6 aromatic carbocycles. The van der Waals surface area contributed by atoms with Crippen LogP contribution in [0.3, 0.4) is 0 Å². The van der Waals surface area contributed by atoms with Crippen molar-refractivity contribution >= 4 is 33.1 Å². The smallest absolute Gasteiger partial charge is 0.280 e. The number of benzene rings is 6. The van der Waals surface area contributed by atoms with Crippen molar-refractivity contribution in [2.75, 3.05) is 0 Å². The molecule has 0 amide bonds. The maximum Gasteiger partial charge on any atom is 0.280 e. The summed E-state index contributed by atoms with van der Waals surface area (Å²) in [6, 6.07) is 27.0. The Morgan fingerprint density at radius 3 is 1.26 bits per heavy atom. The number of phenols is 2. The minimum atomic E-state index is -2.47. The molecule has 46 heavy (non-hydrogen) atoms. The minimum Gasteiger partial charge on any atom is -0.508 e. The number of hydrogen-bond donors (Lipinski definition) is 4. The molecule has 0 fully saturated rings. The van der Waals surface area contributed by atoms with Gasteiger partial charge in [0.25, 0.3) is 11.6 Å². The monoisotopic (exact) mass is 606 g/mol. The molecule has 8 heteroatoms. The Hall–Kier alpha value is -5.70. The Bertz CT molecular complexity index is 2240. The van der Waals surface area contributed by atoms with Gasteiger partial charge in [-0.1, -0.05) is 60.7 Å². The molecular formula is C38H22O8. The molecule has 0 unspecified atom stereocenters. The average Bonchev–Trinajstić information content (AvgIpc) is 3.06. The van der Waals surface area contributed by atoms with E-state index in [2.05, 4.69) is 0 Å². The third-order valence-corrected chi connectivity index (χ3v) is 10.2. The summed E-state index contributed by atoms with van der Waals surface area (Å²) in [5, 5.41) is 47.4. The van der Waals surface area contributed by atoms with Gasteiger partial charge in [0.15, 0.2) is 0 Å². The number of aromatic hydroxyl groups is 2. The quantitative estimate of drug-likeness (QED) is 0.184. The molecule has 0 bridgehead atoms. The second-order valence-electron chi connectivity index (χ2n) is 12.4. The molecule has 0 saturated carbocycles. The highest BCUT2D eigenvalue weighted by Gasteiger charge is 2.70. The molecule has 0 radical (unpaired) electrons. The van der Waals surface area contributed by atoms with E-state index in [1.807, 2.05) is 12.1 Å². The predicted molar refractivity (Wildman–Crippen MR) is 167 cm³/mol. The molecular weight excluding hydrogens is 584 g/mol. The molecule has 8 nitrogen and oxygen atoms in total. The fourth-order valence-electron chi connectivity index (χ4n) is 8.25. The molecule has 10 rings (SSSR count). The van der Waals surface area contributed by atoms with Gasteiger partial charge in [-0.15, -0.1) is 0 Å². The van der Waals surface area contributed by atoms with Crippen molar-refractivity contribution in [2.24, 2.45) is 0 Å². The van der Waals surface area contributed by atoms with E-state index in [4.69, 9.17) is 9.47 Å². The SMILES string of the molecule is O=C1c2c(-c3ccc(O)cc3)ccc3ccc4c(c23)[C@@H]2[C@@H]3c5c(ccc6ccc(-c7ccc(O)cc7)c(c56)C(=O)[C@@]3(O)O4)O[C@@]12O. The average molecular weight is 607 g/mol. The van der Waals surface area contributed by atoms with E-state index in [1.54, 1.807) is 60.7 Å². The number of carbonyl (C=O) groups is 2. The second kappa shape index (κ2) is 8.11. The summed E-state index contributed by atoms with van der Waals surface area (Å²) in [5.41, 5.74) is 3.80. The van der Waals surface area contributed by atoms with Crippen LogP contribution >= 0.6 is 0 Å². The number of ether oxygens (including phenoxy) is 2. The summed E-state index contributed by atoms with van der Waals surface area (Å²) in [4.78, 5) is 29.4. The van der Waals surface area contributed by atoms with Crippen molar-refractivity contribution < 1.29 is 39.5 Å². The first-order valence-electron chi connectivity index (χ1n) is 14.9. The molecule has 4 atom stereocenters. The number of carbonyl (C=O) groups excluding carboxylic acids is 2. The number of ketones is 2. The van der Waals surface area contributed by atoms with E-state index in [0.717, 1.165) is 10.8 Å². The van der Waals surface area contributed by atoms with E-state index in [1.165, 1.54) is 24.3 Å². The van der Waals surface area contributed by atoms with Gasteiger partial charge in [-0.25, -0.2) is 0 Å². The fraction of sp³-hybridized carbons (Fsp3) is 0.105. The van der Waals surface area contributed by atoms with Crippen LogP contribution in [0.1, 0.15) is 43.7 Å². The van der Waals surface area contributed by atoms with Crippen LogP contribution in [0.15, 0.2) is 97.1 Å². The lowest BCUT2D eigenvalue weighted by molar-refractivity contribution is -0.193. The van der Waals surface area contributed by atoms with Gasteiger partial charge in [0.2, 0.25) is 11.6 Å². The highest BCUT2D eigenvalue weighted by molar-refractivity contribution is 6.23. The maximum atomic E-state index is 14.7. The van der Waals surface area contributed by atoms with Crippen LogP contribution in [0.5, 0.6) is 23.0 Å². The lowest BCUT2D eigenvalue weighted by Crippen LogP contribution is -2.65. The minimum absolute atomic E-state index is 0.0719. The summed E-state index contributed by atoms with van der Waals surface area (Å²) >= 11 is 0. The van der Waals surface area contributed by atoms with Gasteiger partial charge in [-0.3, -0.25) is 9.59 Å². The Morgan fingerprint density at radius 2 is 0.870 bits per heavy atom. The maximum absolute atomic E-state index is 14.7. The third kappa shape index (κ3) is 2.87. The van der Waals surface area contributed by atoms with Gasteiger partial charge in [0.05, 0.1) is 11.8 Å². The van der Waals surface area contributed by atoms with Crippen molar-refractivity contribution in [2.45, 2.75) is 23.4 Å². The summed E-state index contributed by atoms with van der Waals surface area (Å²) in [6.07, 6.45) is 0. The molecule has 6 aromatic rings. The van der Waals surface area contributed by atoms with E-state index in [0.29, 0.717) is 44.2 Å². The summed E-state index contributed by atoms with van der Waals surface area (Å²) in [6.45, 7) is 0. The van der Waals surface area contributed by atoms with Gasteiger partial charge < -0.3 is 29.9 Å². The van der Waals surface area contributed by atoms with Crippen LogP contribution in [0.2, 0.25) is 0 Å². The van der Waals surface area contributed by atoms with Crippen molar-refractivity contribution in [1.29, 1.82) is 0 Å². The molecule has 2 aliphatic carbocycles. The van der Waals surface area contributed by atoms with Crippen LogP contribution in [0.25, 0.3) is 43.8 Å². The van der Waals surface area contributed by atoms with Crippen LogP contribution in [0, 0.1) is 0 Å². The normalized spacial score (nSPS) is 24.7. The molecule has 0 spiro atoms. The molecule has 2 heterocycles. The van der Waals surface area contributed by atoms with Crippen LogP contribution in [-0.2, 0) is 0 Å². The zero-order valence-electron chi connectivity index (χ0n) is 23.8. The largest absolute Gasteiger partial charge is 0.508 e. The first-order valence-corrected chi connectivity index (χ1v) is 14.9. The zero-order chi connectivity index (χ0) is 31.3. The third-order valence-electron chi connectivity index (χ3n) is 10.2. The van der Waals surface area contributed by atoms with Crippen LogP contribution in [-0.4, -0.2) is 43.6 Å². The molecule has 0 saturated heterocycles. The van der Waals surface area contributed by atoms with Crippen molar-refractivity contribution in [3.63, 3.8) is 0 Å². The first kappa shape index (κ1) is 25.6. The van der Waals surface area contributed by atoms with Gasteiger partial charge >= 0.3 is 0 Å². The van der Waals surface area contributed by atoms with E-state index in [-0.39, 0.29) is 34.1 Å². The lowest BCUT2D eigenvalue weighted by atomic mass is 9.59. The van der Waals surface area contributed by atoms with E-state index in [9.17, 15) is 30.0 Å². The van der Waals surface area contributed by atoms with Gasteiger partial charge in [-0.2, -0.15) is 0 Å². The summed E-state index contributed by atoms with van der Waals surface area (Å²) in [7, 11) is 0. The highest BCUT2D eigenvalue weighted by atomic mass is 16.6. The Kier molecular flexibility index (Phi) is 4.52. The van der Waals surface area contributed by atoms with Crippen molar-refractivity contribution in [3.05, 3.63) is 119 Å². The number of Topliss-reactive ketones (excluding diaryl/α,β-unsaturated/α-hetero) is 2. The first-order chi connectivity index (χ1) is 22.2. The Balaban J connectivity index is 1.32. The standard InChI is InChI=1S/C38H22O8/c39-21-9-1-17(2-10-21)23-13-5-19-7-15-25-31-27(19)29(23)35(41)37(43)33(31)34-32-26(45-37)16-8-20-6-14-24(18-3-11-22(40)12-4-18)30(28(20)32)36(42)38(34,44)46-25/h1-16,33-34,39-40,43-44H/t33-,34+,37-,38+. The molecule has 0 aromatic heterocycles. The topological polar surface area (TPSA) is 134 Å². The second-order valence-corrected chi connectivity index (χ2v) is 12.4. The predicted octanol–water partition coefficient (Wildman–Crippen LogP) is 6.16. The Morgan fingerprint density at radius 1 is 0.500 bits per heavy atom. The van der Waals surface area contributed by atoms with Crippen molar-refractivity contribution in [1.82, 2.24) is 0 Å². The van der Waals surface area contributed by atoms with Crippen LogP contribution in [0.4, 0.5) is 0 Å². The number of phenolic OH excluding ortho intramolecular Hbond substituents is 2. The van der Waals surface area contributed by atoms with Gasteiger partial charge in [0, 0.05) is 33.0 Å². The van der Waals surface area contributed by atoms with Gasteiger partial charge in [-0.05, 0) is 69.4 Å². The van der Waals surface area contributed by atoms with Gasteiger partial charge in [0.1, 0.15) is 23.0 Å². The summed E-state index contributed by atoms with van der Waals surface area (Å²) in [5.74, 6) is -8.19. The molecule has 222 valence electrons. The van der Waals surface area contributed by atoms with Crippen molar-refractivity contribution in [3.8, 4) is 45.3 Å².